The van der Waals surface area contributed by atoms with E-state index in [-0.39, 0.29) is 53.3 Å². The Balaban J connectivity index is 0.710. The third-order valence-electron chi connectivity index (χ3n) is 14.5. The Morgan fingerprint density at radius 2 is 1.67 bits per heavy atom. The van der Waals surface area contributed by atoms with E-state index in [1.165, 1.54) is 0 Å². The maximum Gasteiger partial charge on any atom is 0.255 e. The van der Waals surface area contributed by atoms with Crippen molar-refractivity contribution in [3.63, 3.8) is 0 Å². The van der Waals surface area contributed by atoms with Crippen LogP contribution in [0.5, 0.6) is 17.2 Å². The van der Waals surface area contributed by atoms with Gasteiger partial charge in [0.25, 0.3) is 5.91 Å². The van der Waals surface area contributed by atoms with Crippen molar-refractivity contribution >= 4 is 29.1 Å². The number of hydrogen-bond donors (Lipinski definition) is 2. The van der Waals surface area contributed by atoms with Gasteiger partial charge in [-0.05, 0) is 73.1 Å². The molecule has 316 valence electrons. The van der Waals surface area contributed by atoms with E-state index >= 15 is 4.39 Å². The molecule has 7 heterocycles. The number of benzene rings is 4. The average molecular weight is 828 g/mol. The van der Waals surface area contributed by atoms with Crippen LogP contribution in [0.25, 0.3) is 0 Å². The summed E-state index contributed by atoms with van der Waals surface area (Å²) >= 11 is 0. The Labute approximate surface area is 354 Å². The fourth-order valence-corrected chi connectivity index (χ4v) is 11.4. The quantitative estimate of drug-likeness (QED) is 0.239. The number of carbonyl (C=O) groups is 3. The van der Waals surface area contributed by atoms with E-state index in [1.54, 1.807) is 23.1 Å². The van der Waals surface area contributed by atoms with E-state index in [9.17, 15) is 19.5 Å². The van der Waals surface area contributed by atoms with Gasteiger partial charge in [0.1, 0.15) is 35.7 Å². The molecule has 7 aliphatic heterocycles. The first kappa shape index (κ1) is 38.3. The monoisotopic (exact) mass is 827 g/mol. The highest BCUT2D eigenvalue weighted by Crippen LogP contribution is 2.49. The van der Waals surface area contributed by atoms with Gasteiger partial charge in [0.05, 0.1) is 42.8 Å². The largest absolute Gasteiger partial charge is 0.508 e. The molecule has 13 heteroatoms. The number of ether oxygens (including phenoxy) is 3. The van der Waals surface area contributed by atoms with Crippen LogP contribution in [0.3, 0.4) is 0 Å². The molecule has 4 aromatic rings. The Morgan fingerprint density at radius 3 is 2.49 bits per heavy atom. The van der Waals surface area contributed by atoms with Crippen molar-refractivity contribution < 1.29 is 38.1 Å². The zero-order valence-corrected chi connectivity index (χ0v) is 34.1. The number of piperazine rings is 1. The van der Waals surface area contributed by atoms with E-state index in [4.69, 9.17) is 14.2 Å². The summed E-state index contributed by atoms with van der Waals surface area (Å²) in [7, 11) is 0. The number of phenols is 1. The highest BCUT2D eigenvalue weighted by molar-refractivity contribution is 6.06. The topological polar surface area (TPSA) is 124 Å². The number of nitrogens with zero attached hydrogens (tertiary/aromatic N) is 4. The van der Waals surface area contributed by atoms with Crippen molar-refractivity contribution in [3.05, 3.63) is 112 Å². The summed E-state index contributed by atoms with van der Waals surface area (Å²) in [5, 5.41) is 12.6. The molecule has 11 rings (SSSR count). The third-order valence-corrected chi connectivity index (χ3v) is 14.5. The number of anilines is 2. The van der Waals surface area contributed by atoms with Crippen LogP contribution in [-0.2, 0) is 20.9 Å². The van der Waals surface area contributed by atoms with Gasteiger partial charge in [0, 0.05) is 80.3 Å². The van der Waals surface area contributed by atoms with Crippen LogP contribution < -0.4 is 24.6 Å². The lowest BCUT2D eigenvalue weighted by Gasteiger charge is -2.46. The minimum absolute atomic E-state index is 0.00191. The van der Waals surface area contributed by atoms with Crippen molar-refractivity contribution in [1.29, 1.82) is 0 Å². The van der Waals surface area contributed by atoms with Crippen molar-refractivity contribution in [2.45, 2.75) is 68.2 Å². The lowest BCUT2D eigenvalue weighted by atomic mass is 9.76. The van der Waals surface area contributed by atoms with E-state index in [0.29, 0.717) is 49.1 Å². The van der Waals surface area contributed by atoms with Crippen molar-refractivity contribution in [2.75, 3.05) is 68.9 Å². The van der Waals surface area contributed by atoms with Gasteiger partial charge in [-0.3, -0.25) is 24.6 Å². The molecule has 4 saturated heterocycles. The summed E-state index contributed by atoms with van der Waals surface area (Å²) < 4.78 is 35.4. The molecule has 0 aromatic heterocycles. The normalized spacial score (nSPS) is 26.9. The van der Waals surface area contributed by atoms with Crippen LogP contribution in [0.2, 0.25) is 0 Å². The number of aromatic hydroxyl groups is 1. The van der Waals surface area contributed by atoms with Crippen molar-refractivity contribution in [3.8, 4) is 17.2 Å². The Morgan fingerprint density at radius 1 is 0.836 bits per heavy atom. The van der Waals surface area contributed by atoms with Gasteiger partial charge < -0.3 is 34.0 Å². The molecule has 0 unspecified atom stereocenters. The van der Waals surface area contributed by atoms with Crippen LogP contribution in [0, 0.1) is 11.7 Å². The molecule has 0 bridgehead atoms. The third kappa shape index (κ3) is 6.77. The van der Waals surface area contributed by atoms with Crippen molar-refractivity contribution in [1.82, 2.24) is 15.1 Å². The summed E-state index contributed by atoms with van der Waals surface area (Å²) in [6.45, 7) is 7.03. The fourth-order valence-electron chi connectivity index (χ4n) is 11.4. The molecule has 0 radical (unpaired) electrons. The number of hydrogen-bond acceptors (Lipinski definition) is 10. The standard InChI is InChI=1S/C48H50FN5O7/c49-38-20-31(44-35-8-7-33(55)21-42(35)59-28-37(44)30-4-2-1-3-5-30)6-10-39(38)52-16-14-48(15-17-52)22-29(26-61-48)23-51-18-19-53-32(24-51)27-60-45-36-25-54(41-12-13-43(56)50-46(41)57)47(58)34(36)9-11-40(45)53/h1-11,20-21,29,32,37,41,44,55H,12-19,22-28H2,(H,50,56,57)/t29-,32-,37-,41+,44-/m1/s1. The van der Waals surface area contributed by atoms with E-state index in [2.05, 4.69) is 38.2 Å². The van der Waals surface area contributed by atoms with Crippen LogP contribution >= 0.6 is 0 Å². The Bertz CT molecular complexity index is 2400. The highest BCUT2D eigenvalue weighted by Gasteiger charge is 2.46. The zero-order valence-electron chi connectivity index (χ0n) is 34.1. The summed E-state index contributed by atoms with van der Waals surface area (Å²) in [4.78, 5) is 46.5. The maximum absolute atomic E-state index is 16.2. The number of phenolic OH excluding ortho intramolecular Hbond substituents is 1. The van der Waals surface area contributed by atoms with Gasteiger partial charge in [-0.2, -0.15) is 0 Å². The average Bonchev–Trinajstić information content (AvgIpc) is 3.82. The number of rotatable bonds is 6. The highest BCUT2D eigenvalue weighted by atomic mass is 19.1. The Kier molecular flexibility index (Phi) is 9.45. The number of halogens is 1. The molecule has 7 aliphatic rings. The number of nitrogens with one attached hydrogen (secondary N) is 1. The molecule has 5 atom stereocenters. The van der Waals surface area contributed by atoms with Gasteiger partial charge in [-0.25, -0.2) is 4.39 Å². The molecule has 0 saturated carbocycles. The van der Waals surface area contributed by atoms with Gasteiger partial charge in [0.2, 0.25) is 11.8 Å². The molecule has 0 aliphatic carbocycles. The molecular formula is C48H50FN5O7. The van der Waals surface area contributed by atoms with E-state index in [1.807, 2.05) is 42.5 Å². The van der Waals surface area contributed by atoms with Gasteiger partial charge in [0.15, 0.2) is 0 Å². The summed E-state index contributed by atoms with van der Waals surface area (Å²) in [5.74, 6) is 0.691. The van der Waals surface area contributed by atoms with Gasteiger partial charge in [-0.1, -0.05) is 42.5 Å². The second-order valence-electron chi connectivity index (χ2n) is 18.0. The maximum atomic E-state index is 16.2. The molecule has 4 fully saturated rings. The predicted molar refractivity (Wildman–Crippen MR) is 225 cm³/mol. The molecular weight excluding hydrogens is 778 g/mol. The summed E-state index contributed by atoms with van der Waals surface area (Å²) in [6, 6.07) is 24.5. The number of amides is 3. The molecule has 4 aromatic carbocycles. The lowest BCUT2D eigenvalue weighted by Crippen LogP contribution is -2.58. The zero-order chi connectivity index (χ0) is 41.4. The van der Waals surface area contributed by atoms with Crippen LogP contribution in [-0.4, -0.2) is 109 Å². The Hall–Kier alpha value is -5.66. The molecule has 1 spiro atoms. The molecule has 3 amide bonds. The summed E-state index contributed by atoms with van der Waals surface area (Å²) in [6.07, 6.45) is 3.25. The van der Waals surface area contributed by atoms with Gasteiger partial charge in [-0.15, -0.1) is 0 Å². The van der Waals surface area contributed by atoms with Crippen LogP contribution in [0.4, 0.5) is 15.8 Å². The smallest absolute Gasteiger partial charge is 0.255 e. The fraction of sp³-hybridized carbons (Fsp3) is 0.438. The summed E-state index contributed by atoms with van der Waals surface area (Å²) in [5.41, 5.74) is 5.80. The molecule has 12 nitrogen and oxygen atoms in total. The number of piperidine rings is 2. The first-order valence-electron chi connectivity index (χ1n) is 21.8. The minimum Gasteiger partial charge on any atom is -0.508 e. The van der Waals surface area contributed by atoms with Crippen LogP contribution in [0.15, 0.2) is 78.9 Å². The van der Waals surface area contributed by atoms with E-state index in [0.717, 1.165) is 98.8 Å². The van der Waals surface area contributed by atoms with Crippen LogP contribution in [0.1, 0.15) is 76.6 Å². The first-order valence-corrected chi connectivity index (χ1v) is 21.8. The predicted octanol–water partition coefficient (Wildman–Crippen LogP) is 5.56. The second kappa shape index (κ2) is 15.1. The number of imide groups is 1. The first-order chi connectivity index (χ1) is 29.7. The SMILES string of the molecule is O=C1CC[C@H](N2Cc3c(ccc4c3OC[C@H]3CN(C[C@@H]5COC6(CCN(c7ccc([C@@H]8c9ccc(O)cc9OC[C@@H]8c8ccccc8)cc7F)CC6)C5)CCN43)C2=O)C(=O)N1. The lowest BCUT2D eigenvalue weighted by molar-refractivity contribution is -0.136. The molecule has 2 N–H and O–H groups in total. The van der Waals surface area contributed by atoms with E-state index < -0.39 is 11.9 Å². The number of fused-ring (bicyclic) bond motifs is 6. The molecule has 61 heavy (non-hydrogen) atoms. The van der Waals surface area contributed by atoms with Gasteiger partial charge >= 0.3 is 0 Å². The number of carbonyl (C=O) groups excluding carboxylic acids is 3. The second-order valence-corrected chi connectivity index (χ2v) is 18.0. The minimum atomic E-state index is -0.658. The van der Waals surface area contributed by atoms with Crippen molar-refractivity contribution in [2.24, 2.45) is 5.92 Å².